The summed E-state index contributed by atoms with van der Waals surface area (Å²) in [6.45, 7) is 0. The van der Waals surface area contributed by atoms with Gasteiger partial charge in [0.2, 0.25) is 20.0 Å². The first-order chi connectivity index (χ1) is 11.1. The fourth-order valence-corrected chi connectivity index (χ4v) is 2.64. The number of hydrogen-bond donors (Lipinski definition) is 2. The van der Waals surface area contributed by atoms with Crippen LogP contribution in [0.15, 0.2) is 58.3 Å². The van der Waals surface area contributed by atoms with Crippen LogP contribution in [0, 0.1) is 0 Å². The number of benzene rings is 2. The maximum atomic E-state index is 11.6. The Labute approximate surface area is 137 Å². The molecule has 0 aromatic heterocycles. The maximum Gasteiger partial charge on any atom is 0.519 e. The Morgan fingerprint density at radius 3 is 1.21 bits per heavy atom. The molecule has 24 heavy (non-hydrogen) atoms. The SMILES string of the molecule is NS(=O)(=O)c1ccc(OC(=O)Oc2ccc(S(N)(=O)=O)cc2)cc1. The Kier molecular flexibility index (Phi) is 4.89. The molecule has 0 atom stereocenters. The summed E-state index contributed by atoms with van der Waals surface area (Å²) in [7, 11) is -7.69. The fraction of sp³-hybridized carbons (Fsp3) is 0. The van der Waals surface area contributed by atoms with Crippen molar-refractivity contribution in [2.24, 2.45) is 10.3 Å². The van der Waals surface area contributed by atoms with E-state index in [1.807, 2.05) is 0 Å². The third kappa shape index (κ3) is 4.76. The molecule has 0 aliphatic carbocycles. The molecule has 2 rings (SSSR count). The largest absolute Gasteiger partial charge is 0.519 e. The van der Waals surface area contributed by atoms with E-state index in [2.05, 4.69) is 0 Å². The van der Waals surface area contributed by atoms with E-state index >= 15 is 0 Å². The smallest absolute Gasteiger partial charge is 0.395 e. The van der Waals surface area contributed by atoms with Crippen molar-refractivity contribution in [1.29, 1.82) is 0 Å². The highest BCUT2D eigenvalue weighted by Gasteiger charge is 2.12. The molecule has 0 unspecified atom stereocenters. The van der Waals surface area contributed by atoms with Gasteiger partial charge in [-0.1, -0.05) is 0 Å². The molecular formula is C13H12N2O7S2. The number of rotatable bonds is 4. The van der Waals surface area contributed by atoms with Gasteiger partial charge in [0.25, 0.3) is 0 Å². The zero-order chi connectivity index (χ0) is 18.0. The molecule has 9 nitrogen and oxygen atoms in total. The van der Waals surface area contributed by atoms with Crippen LogP contribution < -0.4 is 19.8 Å². The van der Waals surface area contributed by atoms with Crippen LogP contribution >= 0.6 is 0 Å². The van der Waals surface area contributed by atoms with Gasteiger partial charge >= 0.3 is 6.16 Å². The van der Waals surface area contributed by atoms with Gasteiger partial charge in [0, 0.05) is 0 Å². The van der Waals surface area contributed by atoms with Gasteiger partial charge in [0.15, 0.2) is 0 Å². The molecule has 128 valence electrons. The third-order valence-electron chi connectivity index (χ3n) is 2.71. The maximum absolute atomic E-state index is 11.6. The van der Waals surface area contributed by atoms with Crippen molar-refractivity contribution >= 4 is 26.2 Å². The lowest BCUT2D eigenvalue weighted by Crippen LogP contribution is -2.15. The monoisotopic (exact) mass is 372 g/mol. The molecule has 0 spiro atoms. The Bertz CT molecular complexity index is 871. The van der Waals surface area contributed by atoms with Crippen LogP contribution in [-0.2, 0) is 20.0 Å². The van der Waals surface area contributed by atoms with E-state index < -0.39 is 26.2 Å². The minimum atomic E-state index is -3.84. The van der Waals surface area contributed by atoms with Crippen molar-refractivity contribution in [2.45, 2.75) is 9.79 Å². The van der Waals surface area contributed by atoms with E-state index in [0.717, 1.165) is 0 Å². The van der Waals surface area contributed by atoms with E-state index in [9.17, 15) is 21.6 Å². The molecule has 0 saturated carbocycles. The van der Waals surface area contributed by atoms with Gasteiger partial charge in [-0.2, -0.15) is 0 Å². The Balaban J connectivity index is 2.03. The van der Waals surface area contributed by atoms with Gasteiger partial charge in [0.05, 0.1) is 9.79 Å². The summed E-state index contributed by atoms with van der Waals surface area (Å²) in [4.78, 5) is 11.3. The van der Waals surface area contributed by atoms with E-state index in [1.165, 1.54) is 48.5 Å². The van der Waals surface area contributed by atoms with Crippen LogP contribution in [0.4, 0.5) is 4.79 Å². The number of ether oxygens (including phenoxy) is 2. The predicted octanol–water partition coefficient (Wildman–Crippen LogP) is 0.559. The van der Waals surface area contributed by atoms with E-state index in [1.54, 1.807) is 0 Å². The Morgan fingerprint density at radius 1 is 0.667 bits per heavy atom. The standard InChI is InChI=1S/C13H12N2O7S2/c14-23(17,18)11-5-1-9(2-6-11)21-13(16)22-10-3-7-12(8-4-10)24(15,19)20/h1-8H,(H2,14,17,18)(H2,15,19,20). The highest BCUT2D eigenvalue weighted by atomic mass is 32.2. The average Bonchev–Trinajstić information content (AvgIpc) is 2.46. The molecule has 0 amide bonds. The number of primary sulfonamides is 2. The van der Waals surface area contributed by atoms with Crippen LogP contribution in [0.5, 0.6) is 11.5 Å². The summed E-state index contributed by atoms with van der Waals surface area (Å²) in [6.07, 6.45) is -1.10. The van der Waals surface area contributed by atoms with Crippen LogP contribution in [0.1, 0.15) is 0 Å². The summed E-state index contributed by atoms with van der Waals surface area (Å²) < 4.78 is 54.1. The summed E-state index contributed by atoms with van der Waals surface area (Å²) in [5.41, 5.74) is 0. The molecule has 2 aromatic carbocycles. The van der Waals surface area contributed by atoms with Gasteiger partial charge < -0.3 is 9.47 Å². The highest BCUT2D eigenvalue weighted by Crippen LogP contribution is 2.18. The topological polar surface area (TPSA) is 156 Å². The molecule has 0 fully saturated rings. The van der Waals surface area contributed by atoms with Crippen molar-refractivity contribution in [3.8, 4) is 11.5 Å². The second-order valence-corrected chi connectivity index (χ2v) is 7.61. The minimum absolute atomic E-state index is 0.0357. The zero-order valence-electron chi connectivity index (χ0n) is 11.9. The molecule has 0 aliphatic heterocycles. The first-order valence-electron chi connectivity index (χ1n) is 6.21. The summed E-state index contributed by atoms with van der Waals surface area (Å²) in [5, 5.41) is 9.88. The van der Waals surface area contributed by atoms with Gasteiger partial charge in [-0.15, -0.1) is 0 Å². The number of carbonyl (C=O) groups excluding carboxylic acids is 1. The summed E-state index contributed by atoms with van der Waals surface area (Å²) in [5.74, 6) is 0.0714. The van der Waals surface area contributed by atoms with Gasteiger partial charge in [-0.05, 0) is 48.5 Å². The highest BCUT2D eigenvalue weighted by molar-refractivity contribution is 7.89. The first kappa shape index (κ1) is 17.9. The number of hydrogen-bond acceptors (Lipinski definition) is 7. The lowest BCUT2D eigenvalue weighted by atomic mass is 10.3. The van der Waals surface area contributed by atoms with E-state index in [-0.39, 0.29) is 21.3 Å². The fourth-order valence-electron chi connectivity index (χ4n) is 1.61. The number of carbonyl (C=O) groups is 1. The van der Waals surface area contributed by atoms with Crippen molar-refractivity contribution in [3.63, 3.8) is 0 Å². The molecule has 0 saturated heterocycles. The van der Waals surface area contributed by atoms with E-state index in [4.69, 9.17) is 19.8 Å². The quantitative estimate of drug-likeness (QED) is 0.586. The minimum Gasteiger partial charge on any atom is -0.395 e. The van der Waals surface area contributed by atoms with Crippen molar-refractivity contribution in [1.82, 2.24) is 0 Å². The average molecular weight is 372 g/mol. The van der Waals surface area contributed by atoms with Gasteiger partial charge in [0.1, 0.15) is 11.5 Å². The van der Waals surface area contributed by atoms with Crippen LogP contribution in [0.25, 0.3) is 0 Å². The van der Waals surface area contributed by atoms with Gasteiger partial charge in [-0.3, -0.25) is 0 Å². The molecule has 0 heterocycles. The lowest BCUT2D eigenvalue weighted by molar-refractivity contribution is 0.152. The number of nitrogens with two attached hydrogens (primary N) is 2. The molecule has 0 aliphatic rings. The van der Waals surface area contributed by atoms with Crippen LogP contribution in [0.2, 0.25) is 0 Å². The first-order valence-corrected chi connectivity index (χ1v) is 9.30. The summed E-state index contributed by atoms with van der Waals surface area (Å²) in [6, 6.07) is 9.57. The number of sulfonamides is 2. The summed E-state index contributed by atoms with van der Waals surface area (Å²) >= 11 is 0. The molecule has 11 heteroatoms. The lowest BCUT2D eigenvalue weighted by Gasteiger charge is -2.06. The molecule has 0 bridgehead atoms. The van der Waals surface area contributed by atoms with Gasteiger partial charge in [-0.25, -0.2) is 31.9 Å². The third-order valence-corrected chi connectivity index (χ3v) is 4.57. The van der Waals surface area contributed by atoms with Crippen LogP contribution in [-0.4, -0.2) is 23.0 Å². The van der Waals surface area contributed by atoms with Crippen molar-refractivity contribution < 1.29 is 31.1 Å². The molecule has 0 radical (unpaired) electrons. The van der Waals surface area contributed by atoms with Crippen molar-refractivity contribution in [3.05, 3.63) is 48.5 Å². The second kappa shape index (κ2) is 6.57. The Morgan fingerprint density at radius 2 is 0.958 bits per heavy atom. The second-order valence-electron chi connectivity index (χ2n) is 4.49. The molecular weight excluding hydrogens is 360 g/mol. The normalized spacial score (nSPS) is 11.8. The van der Waals surface area contributed by atoms with E-state index in [0.29, 0.717) is 0 Å². The van der Waals surface area contributed by atoms with Crippen molar-refractivity contribution in [2.75, 3.05) is 0 Å². The molecule has 4 N–H and O–H groups in total. The zero-order valence-corrected chi connectivity index (χ0v) is 13.6. The predicted molar refractivity (Wildman–Crippen MR) is 82.3 cm³/mol. The molecule has 2 aromatic rings. The van der Waals surface area contributed by atoms with Crippen LogP contribution in [0.3, 0.4) is 0 Å². The Hall–Kier alpha value is -2.47.